The zero-order chi connectivity index (χ0) is 22.2. The van der Waals surface area contributed by atoms with Gasteiger partial charge >= 0.3 is 0 Å². The number of pyridine rings is 1. The first-order valence-corrected chi connectivity index (χ1v) is 11.1. The van der Waals surface area contributed by atoms with Gasteiger partial charge in [-0.3, -0.25) is 9.78 Å². The predicted octanol–water partition coefficient (Wildman–Crippen LogP) is 5.63. The third kappa shape index (κ3) is 5.78. The van der Waals surface area contributed by atoms with Crippen LogP contribution in [0.2, 0.25) is 0 Å². The van der Waals surface area contributed by atoms with E-state index in [1.807, 2.05) is 43.3 Å². The van der Waals surface area contributed by atoms with Crippen molar-refractivity contribution in [2.75, 3.05) is 11.9 Å². The van der Waals surface area contributed by atoms with Gasteiger partial charge < -0.3 is 19.5 Å². The highest BCUT2D eigenvalue weighted by atomic mass is 16.5. The number of nitrogens with one attached hydrogen (secondary N) is 1. The molecule has 1 saturated carbocycles. The minimum atomic E-state index is -0.218. The monoisotopic (exact) mass is 432 g/mol. The van der Waals surface area contributed by atoms with Crippen molar-refractivity contribution < 1.29 is 19.0 Å². The van der Waals surface area contributed by atoms with Crippen molar-refractivity contribution in [1.29, 1.82) is 0 Å². The van der Waals surface area contributed by atoms with Gasteiger partial charge in [0, 0.05) is 29.7 Å². The molecule has 1 N–H and O–H groups in total. The molecule has 2 aromatic carbocycles. The Labute approximate surface area is 188 Å². The summed E-state index contributed by atoms with van der Waals surface area (Å²) in [7, 11) is 0. The van der Waals surface area contributed by atoms with E-state index in [0.29, 0.717) is 36.0 Å². The summed E-state index contributed by atoms with van der Waals surface area (Å²) in [5.41, 5.74) is 2.19. The summed E-state index contributed by atoms with van der Waals surface area (Å²) in [5.74, 6) is 1.69. The lowest BCUT2D eigenvalue weighted by molar-refractivity contribution is 0.102. The van der Waals surface area contributed by atoms with Crippen LogP contribution in [0, 0.1) is 0 Å². The van der Waals surface area contributed by atoms with Gasteiger partial charge in [0.15, 0.2) is 11.5 Å². The van der Waals surface area contributed by atoms with E-state index >= 15 is 0 Å². The van der Waals surface area contributed by atoms with E-state index in [1.54, 1.807) is 30.6 Å². The highest BCUT2D eigenvalue weighted by Gasteiger charge is 2.17. The molecule has 166 valence electrons. The van der Waals surface area contributed by atoms with Crippen molar-refractivity contribution in [2.24, 2.45) is 0 Å². The van der Waals surface area contributed by atoms with E-state index in [4.69, 9.17) is 14.2 Å². The average molecular weight is 433 g/mol. The van der Waals surface area contributed by atoms with Crippen molar-refractivity contribution >= 4 is 11.6 Å². The van der Waals surface area contributed by atoms with Crippen LogP contribution < -0.4 is 19.5 Å². The van der Waals surface area contributed by atoms with Crippen molar-refractivity contribution in [3.8, 4) is 17.2 Å². The molecule has 1 heterocycles. The number of carbonyl (C=O) groups is 1. The molecule has 0 unspecified atom stereocenters. The van der Waals surface area contributed by atoms with Gasteiger partial charge in [-0.25, -0.2) is 0 Å². The Morgan fingerprint density at radius 1 is 1.00 bits per heavy atom. The SMILES string of the molecule is CCOc1cc(C(=O)Nc2cccc(OC3CCCC3)c2)ccc1OCc1ccncc1. The van der Waals surface area contributed by atoms with E-state index in [-0.39, 0.29) is 12.0 Å². The zero-order valence-corrected chi connectivity index (χ0v) is 18.3. The second kappa shape index (κ2) is 10.7. The molecule has 4 rings (SSSR count). The van der Waals surface area contributed by atoms with Crippen LogP contribution in [0.3, 0.4) is 0 Å². The van der Waals surface area contributed by atoms with Gasteiger partial charge in [-0.05, 0) is 80.6 Å². The van der Waals surface area contributed by atoms with Crippen LogP contribution in [-0.4, -0.2) is 23.6 Å². The number of carbonyl (C=O) groups excluding carboxylic acids is 1. The van der Waals surface area contributed by atoms with Gasteiger partial charge in [-0.1, -0.05) is 6.07 Å². The Balaban J connectivity index is 1.43. The van der Waals surface area contributed by atoms with E-state index in [1.165, 1.54) is 12.8 Å². The van der Waals surface area contributed by atoms with Crippen molar-refractivity contribution in [1.82, 2.24) is 4.98 Å². The first-order chi connectivity index (χ1) is 15.7. The first-order valence-electron chi connectivity index (χ1n) is 11.1. The minimum Gasteiger partial charge on any atom is -0.490 e. The number of anilines is 1. The summed E-state index contributed by atoms with van der Waals surface area (Å²) < 4.78 is 17.7. The van der Waals surface area contributed by atoms with E-state index in [9.17, 15) is 4.79 Å². The molecule has 1 aliphatic rings. The molecule has 0 atom stereocenters. The molecule has 3 aromatic rings. The quantitative estimate of drug-likeness (QED) is 0.474. The van der Waals surface area contributed by atoms with Gasteiger partial charge in [0.2, 0.25) is 0 Å². The number of nitrogens with zero attached hydrogens (tertiary/aromatic N) is 1. The number of hydrogen-bond acceptors (Lipinski definition) is 5. The molecular formula is C26H28N2O4. The topological polar surface area (TPSA) is 69.7 Å². The van der Waals surface area contributed by atoms with Gasteiger partial charge in [0.1, 0.15) is 12.4 Å². The van der Waals surface area contributed by atoms with Crippen LogP contribution in [-0.2, 0) is 6.61 Å². The Bertz CT molecular complexity index is 1030. The average Bonchev–Trinajstić information content (AvgIpc) is 3.32. The molecule has 1 amide bonds. The van der Waals surface area contributed by atoms with E-state index < -0.39 is 0 Å². The first kappa shape index (κ1) is 21.7. The number of benzene rings is 2. The maximum absolute atomic E-state index is 12.9. The third-order valence-electron chi connectivity index (χ3n) is 5.35. The largest absolute Gasteiger partial charge is 0.490 e. The zero-order valence-electron chi connectivity index (χ0n) is 18.3. The summed E-state index contributed by atoms with van der Waals surface area (Å²) in [6.45, 7) is 2.76. The smallest absolute Gasteiger partial charge is 0.255 e. The molecule has 32 heavy (non-hydrogen) atoms. The van der Waals surface area contributed by atoms with Crippen molar-refractivity contribution in [3.05, 3.63) is 78.1 Å². The van der Waals surface area contributed by atoms with Crippen LogP contribution in [0.5, 0.6) is 17.2 Å². The highest BCUT2D eigenvalue weighted by molar-refractivity contribution is 6.04. The molecule has 1 aromatic heterocycles. The Hall–Kier alpha value is -3.54. The number of rotatable bonds is 9. The summed E-state index contributed by atoms with van der Waals surface area (Å²) >= 11 is 0. The van der Waals surface area contributed by atoms with Crippen molar-refractivity contribution in [2.45, 2.75) is 45.3 Å². The molecule has 0 saturated heterocycles. The number of aromatic nitrogens is 1. The van der Waals surface area contributed by atoms with E-state index in [2.05, 4.69) is 10.3 Å². The fourth-order valence-corrected chi connectivity index (χ4v) is 3.73. The number of hydrogen-bond donors (Lipinski definition) is 1. The maximum atomic E-state index is 12.9. The van der Waals surface area contributed by atoms with Gasteiger partial charge in [0.25, 0.3) is 5.91 Å². The lowest BCUT2D eigenvalue weighted by Crippen LogP contribution is -2.13. The van der Waals surface area contributed by atoms with Crippen LogP contribution in [0.4, 0.5) is 5.69 Å². The Morgan fingerprint density at radius 3 is 2.59 bits per heavy atom. The molecule has 1 fully saturated rings. The molecule has 6 nitrogen and oxygen atoms in total. The molecule has 0 radical (unpaired) electrons. The molecule has 1 aliphatic carbocycles. The number of ether oxygens (including phenoxy) is 3. The van der Waals surface area contributed by atoms with Gasteiger partial charge in [0.05, 0.1) is 12.7 Å². The third-order valence-corrected chi connectivity index (χ3v) is 5.35. The minimum absolute atomic E-state index is 0.218. The highest BCUT2D eigenvalue weighted by Crippen LogP contribution is 2.30. The fourth-order valence-electron chi connectivity index (χ4n) is 3.73. The summed E-state index contributed by atoms with van der Waals surface area (Å²) in [5, 5.41) is 2.95. The normalized spacial score (nSPS) is 13.5. The molecule has 0 bridgehead atoms. The summed E-state index contributed by atoms with van der Waals surface area (Å²) in [4.78, 5) is 16.9. The second-order valence-corrected chi connectivity index (χ2v) is 7.74. The van der Waals surface area contributed by atoms with E-state index in [0.717, 1.165) is 24.2 Å². The molecule has 0 spiro atoms. The fraction of sp³-hybridized carbons (Fsp3) is 0.308. The van der Waals surface area contributed by atoms with Crippen LogP contribution >= 0.6 is 0 Å². The number of amides is 1. The summed E-state index contributed by atoms with van der Waals surface area (Å²) in [6, 6.07) is 16.5. The lowest BCUT2D eigenvalue weighted by Gasteiger charge is -2.15. The van der Waals surface area contributed by atoms with Crippen LogP contribution in [0.25, 0.3) is 0 Å². The van der Waals surface area contributed by atoms with Crippen LogP contribution in [0.1, 0.15) is 48.5 Å². The maximum Gasteiger partial charge on any atom is 0.255 e. The Morgan fingerprint density at radius 2 is 1.81 bits per heavy atom. The van der Waals surface area contributed by atoms with Gasteiger partial charge in [-0.15, -0.1) is 0 Å². The van der Waals surface area contributed by atoms with Crippen LogP contribution in [0.15, 0.2) is 67.0 Å². The summed E-state index contributed by atoms with van der Waals surface area (Å²) in [6.07, 6.45) is 8.33. The molecule has 6 heteroatoms. The lowest BCUT2D eigenvalue weighted by atomic mass is 10.1. The standard InChI is InChI=1S/C26H28N2O4/c1-2-30-25-16-20(10-11-24(25)31-18-19-12-14-27-15-13-19)26(29)28-21-6-5-9-23(17-21)32-22-7-3-4-8-22/h5-6,9-17,22H,2-4,7-8,18H2,1H3,(H,28,29). The van der Waals surface area contributed by atoms with Crippen molar-refractivity contribution in [3.63, 3.8) is 0 Å². The predicted molar refractivity (Wildman–Crippen MR) is 123 cm³/mol. The second-order valence-electron chi connectivity index (χ2n) is 7.74. The Kier molecular flexibility index (Phi) is 7.23. The molecular weight excluding hydrogens is 404 g/mol. The molecule has 0 aliphatic heterocycles. The van der Waals surface area contributed by atoms with Gasteiger partial charge in [-0.2, -0.15) is 0 Å².